The Kier molecular flexibility index (Phi) is 5.35. The van der Waals surface area contributed by atoms with E-state index in [1.165, 1.54) is 3.97 Å². The van der Waals surface area contributed by atoms with Crippen molar-refractivity contribution in [1.82, 2.24) is 3.97 Å². The monoisotopic (exact) mass is 377 g/mol. The SMILES string of the molecule is COc1ccc2c(c1)c(CCCCCl)cn2S(=O)(=O)c1ccccc1. The fraction of sp³-hybridized carbons (Fsp3) is 0.263. The lowest BCUT2D eigenvalue weighted by atomic mass is 10.1. The molecule has 0 fully saturated rings. The standard InChI is InChI=1S/C19H20ClNO3S/c1-24-16-10-11-19-18(13-16)15(7-5-6-12-20)14-21(19)25(22,23)17-8-3-2-4-9-17/h2-4,8-11,13-14H,5-7,12H2,1H3. The van der Waals surface area contributed by atoms with E-state index in [2.05, 4.69) is 0 Å². The number of nitrogens with zero attached hydrogens (tertiary/aromatic N) is 1. The lowest BCUT2D eigenvalue weighted by Gasteiger charge is -2.07. The second-order valence-corrected chi connectivity index (χ2v) is 7.99. The number of halogens is 1. The third-order valence-electron chi connectivity index (χ3n) is 4.19. The molecule has 0 aliphatic rings. The van der Waals surface area contributed by atoms with Crippen molar-refractivity contribution < 1.29 is 13.2 Å². The lowest BCUT2D eigenvalue weighted by molar-refractivity contribution is 0.415. The van der Waals surface area contributed by atoms with E-state index in [-0.39, 0.29) is 4.90 Å². The Bertz CT molecular complexity index is 965. The van der Waals surface area contributed by atoms with Gasteiger partial charge in [-0.3, -0.25) is 0 Å². The summed E-state index contributed by atoms with van der Waals surface area (Å²) < 4.78 is 32.8. The molecule has 0 bridgehead atoms. The Hall–Kier alpha value is -1.98. The van der Waals surface area contributed by atoms with Crippen LogP contribution in [0, 0.1) is 0 Å². The van der Waals surface area contributed by atoms with Crippen LogP contribution >= 0.6 is 11.6 Å². The molecule has 2 aromatic carbocycles. The molecule has 3 rings (SSSR count). The number of alkyl halides is 1. The van der Waals surface area contributed by atoms with Gasteiger partial charge in [-0.1, -0.05) is 18.2 Å². The molecule has 6 heteroatoms. The first-order chi connectivity index (χ1) is 12.1. The summed E-state index contributed by atoms with van der Waals surface area (Å²) in [6.07, 6.45) is 4.29. The summed E-state index contributed by atoms with van der Waals surface area (Å²) in [5.74, 6) is 1.31. The normalized spacial score (nSPS) is 11.8. The molecule has 4 nitrogen and oxygen atoms in total. The maximum Gasteiger partial charge on any atom is 0.268 e. The van der Waals surface area contributed by atoms with Crippen LogP contribution in [0.3, 0.4) is 0 Å². The van der Waals surface area contributed by atoms with E-state index < -0.39 is 10.0 Å². The number of hydrogen-bond acceptors (Lipinski definition) is 3. The van der Waals surface area contributed by atoms with Crippen LogP contribution in [0.2, 0.25) is 0 Å². The van der Waals surface area contributed by atoms with E-state index in [1.54, 1.807) is 55.8 Å². The summed E-state index contributed by atoms with van der Waals surface area (Å²) in [6, 6.07) is 13.9. The molecule has 1 heterocycles. The molecular formula is C19H20ClNO3S. The lowest BCUT2D eigenvalue weighted by Crippen LogP contribution is -2.11. The number of aromatic nitrogens is 1. The molecule has 0 amide bonds. The minimum Gasteiger partial charge on any atom is -0.497 e. The molecule has 132 valence electrons. The Balaban J connectivity index is 2.15. The summed E-state index contributed by atoms with van der Waals surface area (Å²) in [5, 5.41) is 0.897. The number of ether oxygens (including phenoxy) is 1. The van der Waals surface area contributed by atoms with Gasteiger partial charge in [0.1, 0.15) is 5.75 Å². The van der Waals surface area contributed by atoms with Crippen molar-refractivity contribution in [2.45, 2.75) is 24.2 Å². The minimum absolute atomic E-state index is 0.273. The Labute approximate surface area is 153 Å². The fourth-order valence-electron chi connectivity index (χ4n) is 2.89. The van der Waals surface area contributed by atoms with Gasteiger partial charge in [0.25, 0.3) is 10.0 Å². The van der Waals surface area contributed by atoms with Crippen LogP contribution in [0.15, 0.2) is 59.6 Å². The maximum absolute atomic E-state index is 13.1. The molecular weight excluding hydrogens is 358 g/mol. The molecule has 0 aliphatic heterocycles. The van der Waals surface area contributed by atoms with Crippen molar-refractivity contribution in [3.63, 3.8) is 0 Å². The zero-order chi connectivity index (χ0) is 17.9. The van der Waals surface area contributed by atoms with Crippen molar-refractivity contribution in [2.24, 2.45) is 0 Å². The summed E-state index contributed by atoms with van der Waals surface area (Å²) in [6.45, 7) is 0. The summed E-state index contributed by atoms with van der Waals surface area (Å²) in [5.41, 5.74) is 1.64. The van der Waals surface area contributed by atoms with Gasteiger partial charge >= 0.3 is 0 Å². The van der Waals surface area contributed by atoms with Gasteiger partial charge in [-0.05, 0) is 55.2 Å². The van der Waals surface area contributed by atoms with Crippen LogP contribution in [0.5, 0.6) is 5.75 Å². The molecule has 0 saturated carbocycles. The third kappa shape index (κ3) is 3.53. The molecule has 0 spiro atoms. The van der Waals surface area contributed by atoms with Gasteiger partial charge in [0.05, 0.1) is 17.5 Å². The number of aryl methyl sites for hydroxylation is 1. The average Bonchev–Trinajstić information content (AvgIpc) is 3.01. The van der Waals surface area contributed by atoms with Crippen LogP contribution in [0.1, 0.15) is 18.4 Å². The van der Waals surface area contributed by atoms with Crippen LogP contribution in [-0.2, 0) is 16.4 Å². The predicted octanol–water partition coefficient (Wildman–Crippen LogP) is 4.45. The number of hydrogen-bond donors (Lipinski definition) is 0. The molecule has 1 aromatic heterocycles. The molecule has 0 atom stereocenters. The average molecular weight is 378 g/mol. The first-order valence-corrected chi connectivity index (χ1v) is 10.1. The quantitative estimate of drug-likeness (QED) is 0.451. The van der Waals surface area contributed by atoms with Crippen LogP contribution in [-0.4, -0.2) is 25.4 Å². The molecule has 0 unspecified atom stereocenters. The van der Waals surface area contributed by atoms with Gasteiger partial charge in [0, 0.05) is 17.5 Å². The summed E-state index contributed by atoms with van der Waals surface area (Å²) in [7, 11) is -2.04. The van der Waals surface area contributed by atoms with E-state index in [1.807, 2.05) is 6.07 Å². The molecule has 3 aromatic rings. The first-order valence-electron chi connectivity index (χ1n) is 8.12. The highest BCUT2D eigenvalue weighted by molar-refractivity contribution is 7.90. The second-order valence-electron chi connectivity index (χ2n) is 5.80. The van der Waals surface area contributed by atoms with E-state index in [0.717, 1.165) is 30.2 Å². The van der Waals surface area contributed by atoms with Gasteiger partial charge in [-0.15, -0.1) is 11.6 Å². The molecule has 0 aliphatic carbocycles. The van der Waals surface area contributed by atoms with Crippen LogP contribution < -0.4 is 4.74 Å². The van der Waals surface area contributed by atoms with E-state index in [9.17, 15) is 8.42 Å². The molecule has 0 saturated heterocycles. The highest BCUT2D eigenvalue weighted by atomic mass is 35.5. The Morgan fingerprint density at radius 3 is 2.52 bits per heavy atom. The summed E-state index contributed by atoms with van der Waals surface area (Å²) >= 11 is 5.77. The van der Waals surface area contributed by atoms with Crippen molar-refractivity contribution in [3.05, 3.63) is 60.3 Å². The fourth-order valence-corrected chi connectivity index (χ4v) is 4.49. The second kappa shape index (κ2) is 7.50. The van der Waals surface area contributed by atoms with Crippen molar-refractivity contribution >= 4 is 32.5 Å². The number of methoxy groups -OCH3 is 1. The van der Waals surface area contributed by atoms with Crippen molar-refractivity contribution in [1.29, 1.82) is 0 Å². The highest BCUT2D eigenvalue weighted by Crippen LogP contribution is 2.30. The minimum atomic E-state index is -3.65. The Morgan fingerprint density at radius 1 is 1.08 bits per heavy atom. The van der Waals surface area contributed by atoms with Gasteiger partial charge in [0.2, 0.25) is 0 Å². The molecule has 0 radical (unpaired) electrons. The Morgan fingerprint density at radius 2 is 1.84 bits per heavy atom. The highest BCUT2D eigenvalue weighted by Gasteiger charge is 2.21. The van der Waals surface area contributed by atoms with Gasteiger partial charge in [-0.25, -0.2) is 12.4 Å². The number of rotatable bonds is 7. The number of unbranched alkanes of at least 4 members (excludes halogenated alkanes) is 1. The third-order valence-corrected chi connectivity index (χ3v) is 6.15. The predicted molar refractivity (Wildman–Crippen MR) is 101 cm³/mol. The molecule has 0 N–H and O–H groups in total. The first kappa shape index (κ1) is 17.8. The van der Waals surface area contributed by atoms with E-state index in [4.69, 9.17) is 16.3 Å². The number of benzene rings is 2. The van der Waals surface area contributed by atoms with Crippen LogP contribution in [0.25, 0.3) is 10.9 Å². The van der Waals surface area contributed by atoms with Crippen molar-refractivity contribution in [3.8, 4) is 5.75 Å². The summed E-state index contributed by atoms with van der Waals surface area (Å²) in [4.78, 5) is 0.273. The largest absolute Gasteiger partial charge is 0.497 e. The number of fused-ring (bicyclic) bond motifs is 1. The maximum atomic E-state index is 13.1. The van der Waals surface area contributed by atoms with Gasteiger partial charge in [-0.2, -0.15) is 0 Å². The van der Waals surface area contributed by atoms with E-state index in [0.29, 0.717) is 17.1 Å². The zero-order valence-corrected chi connectivity index (χ0v) is 15.6. The topological polar surface area (TPSA) is 48.3 Å². The van der Waals surface area contributed by atoms with Gasteiger partial charge in [0.15, 0.2) is 0 Å². The smallest absolute Gasteiger partial charge is 0.268 e. The zero-order valence-electron chi connectivity index (χ0n) is 14.0. The van der Waals surface area contributed by atoms with E-state index >= 15 is 0 Å². The van der Waals surface area contributed by atoms with Crippen molar-refractivity contribution in [2.75, 3.05) is 13.0 Å². The van der Waals surface area contributed by atoms with Crippen LogP contribution in [0.4, 0.5) is 0 Å². The molecule has 25 heavy (non-hydrogen) atoms. The van der Waals surface area contributed by atoms with Gasteiger partial charge < -0.3 is 4.74 Å².